The lowest BCUT2D eigenvalue weighted by molar-refractivity contribution is 0.466. The van der Waals surface area contributed by atoms with Crippen molar-refractivity contribution >= 4 is 136 Å². The Morgan fingerprint density at radius 2 is 1.13 bits per heavy atom. The molecule has 15 heavy (non-hydrogen) atoms. The summed E-state index contributed by atoms with van der Waals surface area (Å²) in [6.07, 6.45) is 0. The zero-order valence-electron chi connectivity index (χ0n) is 6.95. The topological polar surface area (TPSA) is 20.2 Å². The molecule has 0 spiro atoms. The minimum absolute atomic E-state index is 0.109. The summed E-state index contributed by atoms with van der Waals surface area (Å²) in [4.78, 5) is 0. The van der Waals surface area contributed by atoms with Gasteiger partial charge in [0.05, 0.1) is 0 Å². The van der Waals surface area contributed by atoms with Gasteiger partial charge in [0, 0.05) is 11.1 Å². The van der Waals surface area contributed by atoms with E-state index >= 15 is 0 Å². The number of phenols is 1. The van der Waals surface area contributed by atoms with Crippen molar-refractivity contribution in [2.45, 2.75) is -1.13 Å². The second kappa shape index (κ2) is 6.23. The average Bonchev–Trinajstić information content (AvgIpc) is 1.99. The molecule has 1 rings (SSSR count). The molecule has 0 fully saturated rings. The van der Waals surface area contributed by atoms with E-state index < -0.39 is 0 Å². The summed E-state index contributed by atoms with van der Waals surface area (Å²) >= 11 is 13.9. The SMILES string of the molecule is Oc1c(C(I)(I)I)cccc1C(I)(I)I. The Morgan fingerprint density at radius 1 is 0.800 bits per heavy atom. The molecule has 1 aromatic rings. The third kappa shape index (κ3) is 4.77. The van der Waals surface area contributed by atoms with Gasteiger partial charge in [0.25, 0.3) is 0 Å². The van der Waals surface area contributed by atoms with E-state index in [1.165, 1.54) is 0 Å². The van der Waals surface area contributed by atoms with Crippen LogP contribution in [-0.2, 0) is -1.13 Å². The van der Waals surface area contributed by atoms with Gasteiger partial charge in [-0.1, -0.05) is 18.2 Å². The van der Waals surface area contributed by atoms with Crippen LogP contribution in [0.4, 0.5) is 0 Å². The van der Waals surface area contributed by atoms with Gasteiger partial charge in [-0.05, 0) is 136 Å². The highest BCUT2D eigenvalue weighted by atomic mass is 127. The van der Waals surface area contributed by atoms with Gasteiger partial charge in [0.15, 0.2) is -1.13 Å². The number of benzene rings is 1. The van der Waals surface area contributed by atoms with Crippen molar-refractivity contribution in [3.8, 4) is 5.75 Å². The molecule has 0 aliphatic rings. The van der Waals surface area contributed by atoms with Crippen LogP contribution in [0.15, 0.2) is 18.2 Å². The smallest absolute Gasteiger partial charge is 0.152 e. The van der Waals surface area contributed by atoms with Gasteiger partial charge in [-0.2, -0.15) is 0 Å². The molecule has 0 radical (unpaired) electrons. The summed E-state index contributed by atoms with van der Waals surface area (Å²) in [7, 11) is 0. The quantitative estimate of drug-likeness (QED) is 0.277. The van der Waals surface area contributed by atoms with Crippen LogP contribution in [0, 0.1) is 0 Å². The molecule has 0 amide bonds. The zero-order chi connectivity index (χ0) is 11.9. The molecule has 1 N–H and O–H groups in total. The highest BCUT2D eigenvalue weighted by Crippen LogP contribution is 2.55. The fourth-order valence-electron chi connectivity index (χ4n) is 1.00. The fraction of sp³-hybridized carbons (Fsp3) is 0.250. The molecule has 0 aliphatic heterocycles. The van der Waals surface area contributed by atoms with Crippen molar-refractivity contribution in [2.24, 2.45) is 0 Å². The number of alkyl halides is 6. The standard InChI is InChI=1S/C8H4I6O/c9-7(10,11)4-2-1-3-5(6(4)15)8(12,13)14/h1-3,15H. The normalized spacial score (nSPS) is 12.9. The molecule has 0 aromatic heterocycles. The highest BCUT2D eigenvalue weighted by Gasteiger charge is 2.31. The molecule has 0 saturated heterocycles. The number of phenolic OH excluding ortho intramolecular Hbond substituents is 1. The van der Waals surface area contributed by atoms with Crippen LogP contribution in [0.25, 0.3) is 0 Å². The maximum Gasteiger partial charge on any atom is 0.152 e. The van der Waals surface area contributed by atoms with E-state index in [2.05, 4.69) is 136 Å². The van der Waals surface area contributed by atoms with Crippen molar-refractivity contribution in [1.82, 2.24) is 0 Å². The Morgan fingerprint density at radius 3 is 1.40 bits per heavy atom. The highest BCUT2D eigenvalue weighted by molar-refractivity contribution is 14.3. The molecule has 0 heterocycles. The monoisotopic (exact) mass is 877 g/mol. The molecule has 0 bridgehead atoms. The Labute approximate surface area is 171 Å². The van der Waals surface area contributed by atoms with Gasteiger partial charge >= 0.3 is 0 Å². The van der Waals surface area contributed by atoms with Crippen LogP contribution in [0.2, 0.25) is 0 Å². The third-order valence-electron chi connectivity index (χ3n) is 1.65. The van der Waals surface area contributed by atoms with Crippen LogP contribution < -0.4 is 0 Å². The Hall–Kier alpha value is 3.40. The van der Waals surface area contributed by atoms with E-state index in [1.807, 2.05) is 18.2 Å². The number of hydrogen-bond acceptors (Lipinski definition) is 1. The molecular weight excluding hydrogens is 874 g/mol. The lowest BCUT2D eigenvalue weighted by Crippen LogP contribution is -2.04. The Bertz CT molecular complexity index is 332. The van der Waals surface area contributed by atoms with Gasteiger partial charge in [0.2, 0.25) is 0 Å². The van der Waals surface area contributed by atoms with Crippen molar-refractivity contribution in [1.29, 1.82) is 0 Å². The summed E-state index contributed by atoms with van der Waals surface area (Å²) in [6.45, 7) is 0. The maximum atomic E-state index is 10.2. The summed E-state index contributed by atoms with van der Waals surface area (Å²) < 4.78 is -0.217. The van der Waals surface area contributed by atoms with E-state index in [1.54, 1.807) is 0 Å². The van der Waals surface area contributed by atoms with Crippen molar-refractivity contribution in [2.75, 3.05) is 0 Å². The van der Waals surface area contributed by atoms with Crippen LogP contribution in [0.5, 0.6) is 5.75 Å². The van der Waals surface area contributed by atoms with Crippen molar-refractivity contribution < 1.29 is 5.11 Å². The first kappa shape index (κ1) is 16.5. The number of aromatic hydroxyl groups is 1. The van der Waals surface area contributed by atoms with E-state index in [0.717, 1.165) is 11.1 Å². The average molecular weight is 878 g/mol. The van der Waals surface area contributed by atoms with Gasteiger partial charge < -0.3 is 5.11 Å². The molecule has 0 unspecified atom stereocenters. The first-order valence-corrected chi connectivity index (χ1v) is 10.1. The first-order valence-electron chi connectivity index (χ1n) is 3.60. The molecule has 7 heteroatoms. The molecule has 0 aliphatic carbocycles. The fourth-order valence-corrected chi connectivity index (χ4v) is 3.61. The van der Waals surface area contributed by atoms with Crippen molar-refractivity contribution in [3.63, 3.8) is 0 Å². The van der Waals surface area contributed by atoms with Gasteiger partial charge in [-0.15, -0.1) is 0 Å². The van der Waals surface area contributed by atoms with E-state index in [-0.39, 0.29) is -1.13 Å². The molecule has 0 atom stereocenters. The number of hydrogen-bond donors (Lipinski definition) is 1. The van der Waals surface area contributed by atoms with Gasteiger partial charge in [-0.25, -0.2) is 0 Å². The molecule has 0 saturated carbocycles. The number of para-hydroxylation sites is 1. The summed E-state index contributed by atoms with van der Waals surface area (Å²) in [5.74, 6) is 0.411. The predicted octanol–water partition coefficient (Wildman–Crippen LogP) is 6.22. The Balaban J connectivity index is 3.37. The molecule has 1 aromatic carbocycles. The summed E-state index contributed by atoms with van der Waals surface area (Å²) in [5, 5.41) is 10.2. The minimum Gasteiger partial charge on any atom is -0.507 e. The maximum absolute atomic E-state index is 10.2. The van der Waals surface area contributed by atoms with E-state index in [0.29, 0.717) is 5.75 Å². The number of rotatable bonds is 2. The first-order chi connectivity index (χ1) is 6.64. The third-order valence-corrected chi connectivity index (χ3v) is 5.13. The summed E-state index contributed by atoms with van der Waals surface area (Å²) in [5.41, 5.74) is 1.94. The lowest BCUT2D eigenvalue weighted by Gasteiger charge is -2.20. The van der Waals surface area contributed by atoms with Crippen molar-refractivity contribution in [3.05, 3.63) is 29.3 Å². The van der Waals surface area contributed by atoms with Crippen LogP contribution in [0.1, 0.15) is 11.1 Å². The van der Waals surface area contributed by atoms with Crippen LogP contribution in [-0.4, -0.2) is 5.11 Å². The second-order valence-electron chi connectivity index (χ2n) is 2.70. The van der Waals surface area contributed by atoms with Crippen LogP contribution >= 0.6 is 136 Å². The second-order valence-corrected chi connectivity index (χ2v) is 24.8. The van der Waals surface area contributed by atoms with Crippen LogP contribution in [0.3, 0.4) is 0 Å². The lowest BCUT2D eigenvalue weighted by atomic mass is 10.1. The van der Waals surface area contributed by atoms with E-state index in [4.69, 9.17) is 0 Å². The van der Waals surface area contributed by atoms with E-state index in [9.17, 15) is 5.11 Å². The largest absolute Gasteiger partial charge is 0.507 e. The zero-order valence-corrected chi connectivity index (χ0v) is 19.9. The number of halogens is 6. The molecular formula is C8H4I6O. The Kier molecular flexibility index (Phi) is 6.84. The molecule has 84 valence electrons. The molecule has 1 nitrogen and oxygen atoms in total. The summed E-state index contributed by atoms with van der Waals surface area (Å²) in [6, 6.07) is 5.94. The minimum atomic E-state index is -0.109. The van der Waals surface area contributed by atoms with Gasteiger partial charge in [0.1, 0.15) is 5.75 Å². The predicted molar refractivity (Wildman–Crippen MR) is 116 cm³/mol. The van der Waals surface area contributed by atoms with Gasteiger partial charge in [-0.3, -0.25) is 0 Å².